The molecule has 0 unspecified atom stereocenters. The number of nitrogens with zero attached hydrogens (tertiary/aromatic N) is 1. The van der Waals surface area contributed by atoms with Gasteiger partial charge in [0.2, 0.25) is 5.91 Å². The van der Waals surface area contributed by atoms with Crippen LogP contribution in [0, 0.1) is 12.7 Å². The van der Waals surface area contributed by atoms with E-state index in [0.29, 0.717) is 24.1 Å². The molecule has 2 aromatic rings. The summed E-state index contributed by atoms with van der Waals surface area (Å²) in [6.45, 7) is 2.23. The second kappa shape index (κ2) is 6.43. The SMILES string of the molecule is Cc1c(F)cccc1-c1cccc(C(=O)N2CCC[C@H]2C(N)=O)c1. The maximum Gasteiger partial charge on any atom is 0.254 e. The number of nitrogens with two attached hydrogens (primary N) is 1. The minimum absolute atomic E-state index is 0.216. The van der Waals surface area contributed by atoms with Crippen molar-refractivity contribution in [2.45, 2.75) is 25.8 Å². The van der Waals surface area contributed by atoms with Gasteiger partial charge in [-0.3, -0.25) is 9.59 Å². The zero-order chi connectivity index (χ0) is 17.3. The van der Waals surface area contributed by atoms with Crippen LogP contribution in [-0.4, -0.2) is 29.3 Å². The van der Waals surface area contributed by atoms with Crippen LogP contribution in [-0.2, 0) is 4.79 Å². The number of halogens is 1. The number of likely N-dealkylation sites (tertiary alicyclic amines) is 1. The molecule has 2 aromatic carbocycles. The van der Waals surface area contributed by atoms with Gasteiger partial charge >= 0.3 is 0 Å². The number of hydrogen-bond donors (Lipinski definition) is 1. The molecule has 4 nitrogen and oxygen atoms in total. The molecule has 3 rings (SSSR count). The smallest absolute Gasteiger partial charge is 0.254 e. The zero-order valence-corrected chi connectivity index (χ0v) is 13.5. The molecule has 1 fully saturated rings. The van der Waals surface area contributed by atoms with E-state index in [1.54, 1.807) is 31.2 Å². The molecule has 124 valence electrons. The fraction of sp³-hybridized carbons (Fsp3) is 0.263. The first kappa shape index (κ1) is 16.2. The lowest BCUT2D eigenvalue weighted by atomic mass is 9.98. The van der Waals surface area contributed by atoms with Gasteiger partial charge in [-0.1, -0.05) is 24.3 Å². The quantitative estimate of drug-likeness (QED) is 0.942. The molecule has 1 saturated heterocycles. The van der Waals surface area contributed by atoms with Crippen LogP contribution in [0.3, 0.4) is 0 Å². The van der Waals surface area contributed by atoms with Gasteiger partial charge in [0.05, 0.1) is 0 Å². The van der Waals surface area contributed by atoms with E-state index in [1.807, 2.05) is 12.1 Å². The first-order valence-corrected chi connectivity index (χ1v) is 7.95. The topological polar surface area (TPSA) is 63.4 Å². The Morgan fingerprint density at radius 3 is 2.71 bits per heavy atom. The monoisotopic (exact) mass is 326 g/mol. The van der Waals surface area contributed by atoms with Crippen molar-refractivity contribution in [3.8, 4) is 11.1 Å². The van der Waals surface area contributed by atoms with E-state index in [1.165, 1.54) is 11.0 Å². The summed E-state index contributed by atoms with van der Waals surface area (Å²) in [5, 5.41) is 0. The normalized spacial score (nSPS) is 17.1. The number of primary amides is 1. The second-order valence-electron chi connectivity index (χ2n) is 6.05. The molecule has 0 bridgehead atoms. The van der Waals surface area contributed by atoms with Gasteiger partial charge in [-0.05, 0) is 54.7 Å². The van der Waals surface area contributed by atoms with Crippen molar-refractivity contribution >= 4 is 11.8 Å². The van der Waals surface area contributed by atoms with Crippen LogP contribution in [0.5, 0.6) is 0 Å². The maximum absolute atomic E-state index is 13.8. The van der Waals surface area contributed by atoms with Gasteiger partial charge in [-0.15, -0.1) is 0 Å². The van der Waals surface area contributed by atoms with E-state index < -0.39 is 11.9 Å². The molecule has 0 saturated carbocycles. The summed E-state index contributed by atoms with van der Waals surface area (Å²) in [6.07, 6.45) is 1.37. The van der Waals surface area contributed by atoms with E-state index in [9.17, 15) is 14.0 Å². The Morgan fingerprint density at radius 1 is 1.21 bits per heavy atom. The lowest BCUT2D eigenvalue weighted by Crippen LogP contribution is -2.43. The zero-order valence-electron chi connectivity index (χ0n) is 13.5. The van der Waals surface area contributed by atoms with Crippen LogP contribution >= 0.6 is 0 Å². The summed E-state index contributed by atoms with van der Waals surface area (Å²) >= 11 is 0. The molecule has 0 aliphatic carbocycles. The molecule has 0 radical (unpaired) electrons. The average molecular weight is 326 g/mol. The summed E-state index contributed by atoms with van der Waals surface area (Å²) in [7, 11) is 0. The molecule has 5 heteroatoms. The number of benzene rings is 2. The van der Waals surface area contributed by atoms with E-state index >= 15 is 0 Å². The third-order valence-corrected chi connectivity index (χ3v) is 4.53. The van der Waals surface area contributed by atoms with Crippen molar-refractivity contribution in [1.29, 1.82) is 0 Å². The Bertz CT molecular complexity index is 804. The first-order valence-electron chi connectivity index (χ1n) is 7.95. The van der Waals surface area contributed by atoms with E-state index in [-0.39, 0.29) is 11.7 Å². The predicted octanol–water partition coefficient (Wildman–Crippen LogP) is 2.89. The van der Waals surface area contributed by atoms with E-state index in [2.05, 4.69) is 0 Å². The third-order valence-electron chi connectivity index (χ3n) is 4.53. The summed E-state index contributed by atoms with van der Waals surface area (Å²) < 4.78 is 13.8. The minimum atomic E-state index is -0.544. The van der Waals surface area contributed by atoms with E-state index in [4.69, 9.17) is 5.73 Å². The van der Waals surface area contributed by atoms with Crippen molar-refractivity contribution in [2.75, 3.05) is 6.54 Å². The summed E-state index contributed by atoms with van der Waals surface area (Å²) in [4.78, 5) is 25.8. The van der Waals surface area contributed by atoms with E-state index in [0.717, 1.165) is 17.5 Å². The van der Waals surface area contributed by atoms with Crippen LogP contribution in [0.15, 0.2) is 42.5 Å². The van der Waals surface area contributed by atoms with Crippen LogP contribution < -0.4 is 5.73 Å². The standard InChI is InChI=1S/C19H19FN2O2/c1-12-15(7-3-8-16(12)20)13-5-2-6-14(11-13)19(24)22-10-4-9-17(22)18(21)23/h2-3,5-8,11,17H,4,9-10H2,1H3,(H2,21,23)/t17-/m0/s1. The number of hydrogen-bond acceptors (Lipinski definition) is 2. The summed E-state index contributed by atoms with van der Waals surface area (Å²) in [5.74, 6) is -0.970. The lowest BCUT2D eigenvalue weighted by Gasteiger charge is -2.22. The number of rotatable bonds is 3. The molecule has 0 spiro atoms. The molecule has 1 heterocycles. The predicted molar refractivity (Wildman–Crippen MR) is 89.8 cm³/mol. The third kappa shape index (κ3) is 2.89. The van der Waals surface area contributed by atoms with Gasteiger partial charge in [-0.2, -0.15) is 0 Å². The Kier molecular flexibility index (Phi) is 4.34. The average Bonchev–Trinajstić information content (AvgIpc) is 3.07. The molecular weight excluding hydrogens is 307 g/mol. The van der Waals surface area contributed by atoms with Gasteiger partial charge in [-0.25, -0.2) is 4.39 Å². The highest BCUT2D eigenvalue weighted by molar-refractivity contribution is 5.98. The van der Waals surface area contributed by atoms with Crippen molar-refractivity contribution < 1.29 is 14.0 Å². The number of carbonyl (C=O) groups excluding carboxylic acids is 2. The fourth-order valence-electron chi connectivity index (χ4n) is 3.21. The van der Waals surface area contributed by atoms with Gasteiger partial charge in [0.1, 0.15) is 11.9 Å². The van der Waals surface area contributed by atoms with Gasteiger partial charge < -0.3 is 10.6 Å². The second-order valence-corrected chi connectivity index (χ2v) is 6.05. The molecule has 0 aromatic heterocycles. The van der Waals surface area contributed by atoms with Crippen LogP contribution in [0.1, 0.15) is 28.8 Å². The molecular formula is C19H19FN2O2. The fourth-order valence-corrected chi connectivity index (χ4v) is 3.21. The summed E-state index contributed by atoms with van der Waals surface area (Å²) in [5.41, 5.74) is 7.92. The van der Waals surface area contributed by atoms with Gasteiger partial charge in [0, 0.05) is 12.1 Å². The number of amides is 2. The molecule has 24 heavy (non-hydrogen) atoms. The van der Waals surface area contributed by atoms with Crippen molar-refractivity contribution in [2.24, 2.45) is 5.73 Å². The highest BCUT2D eigenvalue weighted by Gasteiger charge is 2.33. The van der Waals surface area contributed by atoms with Crippen molar-refractivity contribution in [3.63, 3.8) is 0 Å². The lowest BCUT2D eigenvalue weighted by molar-refractivity contribution is -0.121. The highest BCUT2D eigenvalue weighted by Crippen LogP contribution is 2.27. The summed E-state index contributed by atoms with van der Waals surface area (Å²) in [6, 6.07) is 11.4. The Balaban J connectivity index is 1.95. The van der Waals surface area contributed by atoms with Crippen LogP contribution in [0.4, 0.5) is 4.39 Å². The molecule has 1 atom stereocenters. The molecule has 2 N–H and O–H groups in total. The minimum Gasteiger partial charge on any atom is -0.368 e. The van der Waals surface area contributed by atoms with Gasteiger partial charge in [0.25, 0.3) is 5.91 Å². The van der Waals surface area contributed by atoms with Crippen molar-refractivity contribution in [1.82, 2.24) is 4.90 Å². The van der Waals surface area contributed by atoms with Gasteiger partial charge in [0.15, 0.2) is 0 Å². The highest BCUT2D eigenvalue weighted by atomic mass is 19.1. The largest absolute Gasteiger partial charge is 0.368 e. The maximum atomic E-state index is 13.8. The first-order chi connectivity index (χ1) is 11.5. The molecule has 1 aliphatic rings. The Labute approximate surface area is 140 Å². The Hall–Kier alpha value is -2.69. The van der Waals surface area contributed by atoms with Crippen LogP contribution in [0.2, 0.25) is 0 Å². The van der Waals surface area contributed by atoms with Crippen molar-refractivity contribution in [3.05, 3.63) is 59.4 Å². The molecule has 1 aliphatic heterocycles. The Morgan fingerprint density at radius 2 is 1.96 bits per heavy atom. The molecule has 2 amide bonds. The van der Waals surface area contributed by atoms with Crippen LogP contribution in [0.25, 0.3) is 11.1 Å². The number of carbonyl (C=O) groups is 2.